The van der Waals surface area contributed by atoms with E-state index >= 15 is 0 Å². The molecule has 2 rings (SSSR count). The summed E-state index contributed by atoms with van der Waals surface area (Å²) in [7, 11) is 0. The normalized spacial score (nSPS) is 17.3. The van der Waals surface area contributed by atoms with Crippen molar-refractivity contribution < 1.29 is 0 Å². The van der Waals surface area contributed by atoms with Gasteiger partial charge in [-0.15, -0.1) is 12.4 Å². The number of hydrogen-bond acceptors (Lipinski definition) is 3. The van der Waals surface area contributed by atoms with Crippen molar-refractivity contribution in [3.05, 3.63) is 23.9 Å². The number of nitrogens with zero attached hydrogens (tertiary/aromatic N) is 2. The van der Waals surface area contributed by atoms with Crippen molar-refractivity contribution in [2.75, 3.05) is 18.0 Å². The zero-order valence-electron chi connectivity index (χ0n) is 9.02. The molecule has 2 N–H and O–H groups in total. The summed E-state index contributed by atoms with van der Waals surface area (Å²) in [5.74, 6) is 1.09. The molecule has 0 saturated carbocycles. The molecule has 0 aliphatic carbocycles. The first-order chi connectivity index (χ1) is 6.75. The predicted octanol–water partition coefficient (Wildman–Crippen LogP) is 1.74. The molecule has 1 aromatic heterocycles. The molecule has 4 heteroatoms. The Morgan fingerprint density at radius 1 is 1.33 bits per heavy atom. The fourth-order valence-electron chi connectivity index (χ4n) is 1.78. The maximum absolute atomic E-state index is 5.85. The van der Waals surface area contributed by atoms with Gasteiger partial charge in [-0.05, 0) is 31.4 Å². The molecular formula is C11H18ClN3. The smallest absolute Gasteiger partial charge is 0.128 e. The number of rotatable bonds is 1. The van der Waals surface area contributed by atoms with Crippen molar-refractivity contribution in [3.63, 3.8) is 0 Å². The topological polar surface area (TPSA) is 42.1 Å². The van der Waals surface area contributed by atoms with Crippen LogP contribution >= 0.6 is 12.4 Å². The summed E-state index contributed by atoms with van der Waals surface area (Å²) in [5, 5.41) is 0. The molecule has 0 spiro atoms. The number of piperidine rings is 1. The third kappa shape index (κ3) is 3.08. The number of halogens is 1. The Morgan fingerprint density at radius 3 is 2.53 bits per heavy atom. The number of aromatic nitrogens is 1. The zero-order valence-corrected chi connectivity index (χ0v) is 9.83. The van der Waals surface area contributed by atoms with E-state index in [1.807, 2.05) is 6.20 Å². The van der Waals surface area contributed by atoms with E-state index in [4.69, 9.17) is 5.73 Å². The van der Waals surface area contributed by atoms with Crippen LogP contribution in [-0.2, 0) is 0 Å². The number of nitrogens with two attached hydrogens (primary N) is 1. The van der Waals surface area contributed by atoms with Gasteiger partial charge in [0, 0.05) is 25.3 Å². The van der Waals surface area contributed by atoms with E-state index in [0.717, 1.165) is 31.7 Å². The van der Waals surface area contributed by atoms with Gasteiger partial charge >= 0.3 is 0 Å². The Bertz CT molecular complexity index is 291. The summed E-state index contributed by atoms with van der Waals surface area (Å²) >= 11 is 0. The Morgan fingerprint density at radius 2 is 2.00 bits per heavy atom. The third-order valence-electron chi connectivity index (χ3n) is 2.76. The Kier molecular flexibility index (Phi) is 4.36. The van der Waals surface area contributed by atoms with Crippen molar-refractivity contribution in [2.45, 2.75) is 25.8 Å². The highest BCUT2D eigenvalue weighted by atomic mass is 35.5. The van der Waals surface area contributed by atoms with E-state index in [1.54, 1.807) is 0 Å². The third-order valence-corrected chi connectivity index (χ3v) is 2.76. The van der Waals surface area contributed by atoms with Crippen LogP contribution < -0.4 is 10.6 Å². The Hall–Kier alpha value is -0.800. The molecule has 0 bridgehead atoms. The summed E-state index contributed by atoms with van der Waals surface area (Å²) in [6.45, 7) is 4.14. The van der Waals surface area contributed by atoms with Crippen LogP contribution in [0.4, 0.5) is 5.82 Å². The van der Waals surface area contributed by atoms with Crippen LogP contribution in [0.2, 0.25) is 0 Å². The van der Waals surface area contributed by atoms with Crippen molar-refractivity contribution >= 4 is 18.2 Å². The van der Waals surface area contributed by atoms with Gasteiger partial charge in [-0.1, -0.05) is 6.07 Å². The molecule has 0 aromatic carbocycles. The summed E-state index contributed by atoms with van der Waals surface area (Å²) < 4.78 is 0. The average Bonchev–Trinajstić information content (AvgIpc) is 2.21. The number of aryl methyl sites for hydroxylation is 1. The minimum atomic E-state index is 0. The van der Waals surface area contributed by atoms with Crippen molar-refractivity contribution in [2.24, 2.45) is 5.73 Å². The standard InChI is InChI=1S/C11H17N3.ClH/c1-9-2-3-11(13-8-9)14-6-4-10(12)5-7-14;/h2-3,8,10H,4-7,12H2,1H3;1H. The molecule has 2 heterocycles. The van der Waals surface area contributed by atoms with Crippen LogP contribution in [-0.4, -0.2) is 24.1 Å². The highest BCUT2D eigenvalue weighted by molar-refractivity contribution is 5.85. The van der Waals surface area contributed by atoms with Crippen LogP contribution in [0.15, 0.2) is 18.3 Å². The lowest BCUT2D eigenvalue weighted by molar-refractivity contribution is 0.498. The molecule has 3 nitrogen and oxygen atoms in total. The van der Waals surface area contributed by atoms with Crippen LogP contribution in [0.1, 0.15) is 18.4 Å². The molecule has 84 valence electrons. The summed E-state index contributed by atoms with van der Waals surface area (Å²) in [5.41, 5.74) is 7.06. The Balaban J connectivity index is 0.00000112. The molecule has 1 saturated heterocycles. The van der Waals surface area contributed by atoms with Gasteiger partial charge in [-0.2, -0.15) is 0 Å². The van der Waals surface area contributed by atoms with E-state index in [-0.39, 0.29) is 12.4 Å². The Labute approximate surface area is 97.1 Å². The maximum atomic E-state index is 5.85. The summed E-state index contributed by atoms with van der Waals surface area (Å²) in [6, 6.07) is 4.58. The highest BCUT2D eigenvalue weighted by Crippen LogP contribution is 2.16. The van der Waals surface area contributed by atoms with Gasteiger partial charge < -0.3 is 10.6 Å². The van der Waals surface area contributed by atoms with Gasteiger partial charge in [0.1, 0.15) is 5.82 Å². The van der Waals surface area contributed by atoms with Gasteiger partial charge in [0.25, 0.3) is 0 Å². The summed E-state index contributed by atoms with van der Waals surface area (Å²) in [4.78, 5) is 6.72. The number of hydrogen-bond donors (Lipinski definition) is 1. The van der Waals surface area contributed by atoms with Crippen LogP contribution in [0.5, 0.6) is 0 Å². The SMILES string of the molecule is Cc1ccc(N2CCC(N)CC2)nc1.Cl. The van der Waals surface area contributed by atoms with Crippen molar-refractivity contribution in [1.29, 1.82) is 0 Å². The minimum absolute atomic E-state index is 0. The van der Waals surface area contributed by atoms with Gasteiger partial charge in [0.05, 0.1) is 0 Å². The monoisotopic (exact) mass is 227 g/mol. The molecule has 15 heavy (non-hydrogen) atoms. The molecule has 0 radical (unpaired) electrons. The quantitative estimate of drug-likeness (QED) is 0.795. The molecule has 0 unspecified atom stereocenters. The summed E-state index contributed by atoms with van der Waals surface area (Å²) in [6.07, 6.45) is 4.08. The van der Waals surface area contributed by atoms with E-state index in [1.165, 1.54) is 5.56 Å². The van der Waals surface area contributed by atoms with Gasteiger partial charge in [-0.25, -0.2) is 4.98 Å². The van der Waals surface area contributed by atoms with E-state index in [0.29, 0.717) is 6.04 Å². The fourth-order valence-corrected chi connectivity index (χ4v) is 1.78. The first kappa shape index (κ1) is 12.3. The lowest BCUT2D eigenvalue weighted by Gasteiger charge is -2.31. The van der Waals surface area contributed by atoms with E-state index in [9.17, 15) is 0 Å². The average molecular weight is 228 g/mol. The molecule has 0 amide bonds. The predicted molar refractivity (Wildman–Crippen MR) is 65.6 cm³/mol. The maximum Gasteiger partial charge on any atom is 0.128 e. The number of anilines is 1. The van der Waals surface area contributed by atoms with Crippen molar-refractivity contribution in [3.8, 4) is 0 Å². The lowest BCUT2D eigenvalue weighted by Crippen LogP contribution is -2.40. The van der Waals surface area contributed by atoms with Gasteiger partial charge in [0.15, 0.2) is 0 Å². The zero-order chi connectivity index (χ0) is 9.97. The van der Waals surface area contributed by atoms with Gasteiger partial charge in [0.2, 0.25) is 0 Å². The first-order valence-electron chi connectivity index (χ1n) is 5.19. The van der Waals surface area contributed by atoms with Crippen LogP contribution in [0.25, 0.3) is 0 Å². The first-order valence-corrected chi connectivity index (χ1v) is 5.19. The molecule has 1 aromatic rings. The molecule has 1 aliphatic heterocycles. The van der Waals surface area contributed by atoms with Crippen molar-refractivity contribution in [1.82, 2.24) is 4.98 Å². The van der Waals surface area contributed by atoms with E-state index < -0.39 is 0 Å². The minimum Gasteiger partial charge on any atom is -0.357 e. The second kappa shape index (κ2) is 5.33. The number of pyridine rings is 1. The lowest BCUT2D eigenvalue weighted by atomic mass is 10.1. The van der Waals surface area contributed by atoms with Crippen LogP contribution in [0.3, 0.4) is 0 Å². The molecule has 1 fully saturated rings. The highest BCUT2D eigenvalue weighted by Gasteiger charge is 2.16. The molecular weight excluding hydrogens is 210 g/mol. The molecule has 1 aliphatic rings. The van der Waals surface area contributed by atoms with Gasteiger partial charge in [-0.3, -0.25) is 0 Å². The second-order valence-corrected chi connectivity index (χ2v) is 4.02. The molecule has 0 atom stereocenters. The van der Waals surface area contributed by atoms with Crippen LogP contribution in [0, 0.1) is 6.92 Å². The fraction of sp³-hybridized carbons (Fsp3) is 0.545. The largest absolute Gasteiger partial charge is 0.357 e. The van der Waals surface area contributed by atoms with E-state index in [2.05, 4.69) is 28.9 Å². The second-order valence-electron chi connectivity index (χ2n) is 4.02.